The third kappa shape index (κ3) is 3.87. The first-order valence-corrected chi connectivity index (χ1v) is 6.84. The summed E-state index contributed by atoms with van der Waals surface area (Å²) in [5.74, 6) is 0.503. The fraction of sp³-hybridized carbons (Fsp3) is 0.769. The van der Waals surface area contributed by atoms with Crippen LogP contribution in [-0.4, -0.2) is 17.6 Å². The zero-order valence-corrected chi connectivity index (χ0v) is 12.1. The smallest absolute Gasteiger partial charge is 0.0969 e. The summed E-state index contributed by atoms with van der Waals surface area (Å²) < 4.78 is 0. The number of aromatic nitrogens is 1. The van der Waals surface area contributed by atoms with Gasteiger partial charge in [0, 0.05) is 29.6 Å². The average molecular weight is 240 g/mol. The quantitative estimate of drug-likeness (QED) is 0.870. The molecule has 1 N–H and O–H groups in total. The molecular weight excluding hydrogens is 216 g/mol. The summed E-state index contributed by atoms with van der Waals surface area (Å²) in [4.78, 5) is 4.53. The van der Waals surface area contributed by atoms with Crippen LogP contribution in [0, 0.1) is 12.3 Å². The van der Waals surface area contributed by atoms with Crippen LogP contribution in [0.25, 0.3) is 0 Å². The third-order valence-corrected chi connectivity index (χ3v) is 4.28. The predicted molar refractivity (Wildman–Crippen MR) is 72.2 cm³/mol. The van der Waals surface area contributed by atoms with E-state index in [9.17, 15) is 0 Å². The molecule has 0 amide bonds. The molecule has 0 spiro atoms. The van der Waals surface area contributed by atoms with Crippen LogP contribution in [0.15, 0.2) is 5.38 Å². The van der Waals surface area contributed by atoms with Gasteiger partial charge in [-0.25, -0.2) is 4.98 Å². The first-order valence-electron chi connectivity index (χ1n) is 5.96. The minimum absolute atomic E-state index is 0.318. The summed E-state index contributed by atoms with van der Waals surface area (Å²) in [7, 11) is 0. The van der Waals surface area contributed by atoms with Gasteiger partial charge in [0.05, 0.1) is 5.01 Å². The Morgan fingerprint density at radius 1 is 1.38 bits per heavy atom. The highest BCUT2D eigenvalue weighted by atomic mass is 32.1. The van der Waals surface area contributed by atoms with E-state index in [1.165, 1.54) is 5.01 Å². The van der Waals surface area contributed by atoms with Crippen LogP contribution in [0.5, 0.6) is 0 Å². The molecule has 0 aliphatic rings. The van der Waals surface area contributed by atoms with E-state index in [4.69, 9.17) is 0 Å². The molecule has 1 rings (SSSR count). The summed E-state index contributed by atoms with van der Waals surface area (Å²) in [6, 6.07) is 0.524. The van der Waals surface area contributed by atoms with Crippen LogP contribution in [0.1, 0.15) is 51.2 Å². The van der Waals surface area contributed by atoms with Crippen LogP contribution < -0.4 is 5.32 Å². The van der Waals surface area contributed by atoms with E-state index in [0.29, 0.717) is 17.4 Å². The lowest BCUT2D eigenvalue weighted by Crippen LogP contribution is -2.39. The van der Waals surface area contributed by atoms with Gasteiger partial charge in [-0.2, -0.15) is 0 Å². The molecule has 0 aromatic carbocycles. The van der Waals surface area contributed by atoms with Crippen molar-refractivity contribution in [1.82, 2.24) is 10.3 Å². The molecule has 3 heteroatoms. The van der Waals surface area contributed by atoms with E-state index in [2.05, 4.69) is 57.2 Å². The Labute approximate surface area is 103 Å². The summed E-state index contributed by atoms with van der Waals surface area (Å²) in [6.45, 7) is 14.3. The Kier molecular flexibility index (Phi) is 4.51. The predicted octanol–water partition coefficient (Wildman–Crippen LogP) is 3.58. The van der Waals surface area contributed by atoms with Crippen molar-refractivity contribution in [3.05, 3.63) is 16.1 Å². The Bertz CT molecular complexity index is 325. The van der Waals surface area contributed by atoms with E-state index in [1.54, 1.807) is 11.3 Å². The Morgan fingerprint density at radius 2 is 2.00 bits per heavy atom. The summed E-state index contributed by atoms with van der Waals surface area (Å²) in [5, 5.41) is 6.96. The molecule has 2 atom stereocenters. The first kappa shape index (κ1) is 13.7. The fourth-order valence-corrected chi connectivity index (χ4v) is 2.20. The number of rotatable bonds is 4. The summed E-state index contributed by atoms with van der Waals surface area (Å²) in [6.07, 6.45) is 0. The highest BCUT2D eigenvalue weighted by molar-refractivity contribution is 7.09. The molecule has 0 aliphatic carbocycles. The van der Waals surface area contributed by atoms with Crippen LogP contribution in [0.4, 0.5) is 0 Å². The average Bonchev–Trinajstić information content (AvgIpc) is 2.59. The molecule has 0 fully saturated rings. The first-order chi connectivity index (χ1) is 7.30. The van der Waals surface area contributed by atoms with Gasteiger partial charge < -0.3 is 5.32 Å². The van der Waals surface area contributed by atoms with Gasteiger partial charge in [-0.3, -0.25) is 0 Å². The van der Waals surface area contributed by atoms with E-state index in [1.807, 2.05) is 0 Å². The molecule has 1 aromatic heterocycles. The van der Waals surface area contributed by atoms with E-state index < -0.39 is 0 Å². The maximum Gasteiger partial charge on any atom is 0.0969 e. The lowest BCUT2D eigenvalue weighted by Gasteiger charge is -2.29. The van der Waals surface area contributed by atoms with Crippen molar-refractivity contribution >= 4 is 11.3 Å². The molecule has 16 heavy (non-hydrogen) atoms. The second-order valence-corrected chi connectivity index (χ2v) is 6.61. The Hall–Kier alpha value is -0.410. The van der Waals surface area contributed by atoms with Gasteiger partial charge in [0.1, 0.15) is 0 Å². The molecular formula is C13H24N2S. The van der Waals surface area contributed by atoms with Gasteiger partial charge in [-0.05, 0) is 19.3 Å². The van der Waals surface area contributed by atoms with Gasteiger partial charge in [-0.1, -0.05) is 27.7 Å². The maximum atomic E-state index is 4.53. The number of thiazole rings is 1. The van der Waals surface area contributed by atoms with E-state index in [-0.39, 0.29) is 0 Å². The molecule has 1 aromatic rings. The Morgan fingerprint density at radius 3 is 2.44 bits per heavy atom. The molecule has 92 valence electrons. The highest BCUT2D eigenvalue weighted by Gasteiger charge is 2.20. The van der Waals surface area contributed by atoms with Crippen LogP contribution >= 0.6 is 11.3 Å². The van der Waals surface area contributed by atoms with Crippen LogP contribution in [0.3, 0.4) is 0 Å². The van der Waals surface area contributed by atoms with Gasteiger partial charge in [0.25, 0.3) is 0 Å². The fourth-order valence-electron chi connectivity index (χ4n) is 1.35. The van der Waals surface area contributed by atoms with Gasteiger partial charge >= 0.3 is 0 Å². The highest BCUT2D eigenvalue weighted by Crippen LogP contribution is 2.22. The molecule has 0 saturated carbocycles. The molecule has 2 nitrogen and oxygen atoms in total. The number of aryl methyl sites for hydroxylation is 1. The van der Waals surface area contributed by atoms with Gasteiger partial charge in [0.15, 0.2) is 0 Å². The van der Waals surface area contributed by atoms with Crippen molar-refractivity contribution in [2.75, 3.05) is 6.54 Å². The molecule has 0 aliphatic heterocycles. The largest absolute Gasteiger partial charge is 0.313 e. The topological polar surface area (TPSA) is 24.9 Å². The van der Waals surface area contributed by atoms with Crippen molar-refractivity contribution in [2.24, 2.45) is 5.41 Å². The zero-order valence-electron chi connectivity index (χ0n) is 11.3. The molecule has 0 saturated heterocycles. The normalized spacial score (nSPS) is 16.1. The van der Waals surface area contributed by atoms with Crippen molar-refractivity contribution in [3.8, 4) is 0 Å². The number of nitrogens with zero attached hydrogens (tertiary/aromatic N) is 1. The second kappa shape index (κ2) is 5.28. The van der Waals surface area contributed by atoms with Crippen LogP contribution in [0.2, 0.25) is 0 Å². The number of hydrogen-bond donors (Lipinski definition) is 1. The molecule has 1 heterocycles. The van der Waals surface area contributed by atoms with Crippen LogP contribution in [-0.2, 0) is 0 Å². The lowest BCUT2D eigenvalue weighted by atomic mass is 9.88. The van der Waals surface area contributed by atoms with E-state index in [0.717, 1.165) is 12.2 Å². The maximum absolute atomic E-state index is 4.53. The zero-order chi connectivity index (χ0) is 12.3. The lowest BCUT2D eigenvalue weighted by molar-refractivity contribution is 0.283. The third-order valence-electron chi connectivity index (χ3n) is 3.09. The summed E-state index contributed by atoms with van der Waals surface area (Å²) in [5.41, 5.74) is 1.45. The van der Waals surface area contributed by atoms with Crippen molar-refractivity contribution in [3.63, 3.8) is 0 Å². The van der Waals surface area contributed by atoms with Gasteiger partial charge in [0.2, 0.25) is 0 Å². The molecule has 0 bridgehead atoms. The second-order valence-electron chi connectivity index (χ2n) is 5.72. The minimum atomic E-state index is 0.318. The number of nitrogens with one attached hydrogen (secondary N) is 1. The monoisotopic (exact) mass is 240 g/mol. The minimum Gasteiger partial charge on any atom is -0.313 e. The standard InChI is InChI=1S/C13H24N2S/c1-9(12-15-10(2)8-16-12)7-14-11(3)13(4,5)6/h8-9,11,14H,7H2,1-6H3. The Balaban J connectivity index is 2.44. The van der Waals surface area contributed by atoms with Crippen molar-refractivity contribution in [2.45, 2.75) is 53.5 Å². The van der Waals surface area contributed by atoms with Gasteiger partial charge in [-0.15, -0.1) is 11.3 Å². The molecule has 2 unspecified atom stereocenters. The number of hydrogen-bond acceptors (Lipinski definition) is 3. The van der Waals surface area contributed by atoms with Crippen molar-refractivity contribution in [1.29, 1.82) is 0 Å². The van der Waals surface area contributed by atoms with Crippen molar-refractivity contribution < 1.29 is 0 Å². The molecule has 0 radical (unpaired) electrons. The SMILES string of the molecule is Cc1csc(C(C)CNC(C)C(C)(C)C)n1. The summed E-state index contributed by atoms with van der Waals surface area (Å²) >= 11 is 1.77. The van der Waals surface area contributed by atoms with E-state index >= 15 is 0 Å².